The molecule has 2 heterocycles. The molecule has 0 radical (unpaired) electrons. The highest BCUT2D eigenvalue weighted by atomic mass is 79.9. The van der Waals surface area contributed by atoms with Crippen molar-refractivity contribution in [1.82, 2.24) is 19.7 Å². The maximum atomic E-state index is 11.5. The van der Waals surface area contributed by atoms with E-state index in [0.717, 1.165) is 15.4 Å². The topological polar surface area (TPSA) is 69.9 Å². The molecule has 7 heteroatoms. The monoisotopic (exact) mass is 332 g/mol. The number of hydrogen-bond acceptors (Lipinski definition) is 5. The molecule has 0 spiro atoms. The molecule has 0 N–H and O–H groups in total. The quantitative estimate of drug-likeness (QED) is 0.674. The van der Waals surface area contributed by atoms with Crippen LogP contribution in [-0.4, -0.2) is 32.8 Å². The van der Waals surface area contributed by atoms with Crippen LogP contribution in [0.3, 0.4) is 0 Å². The van der Waals surface area contributed by atoms with Gasteiger partial charge in [0.05, 0.1) is 18.8 Å². The Hall–Kier alpha value is -2.28. The number of hydrogen-bond donors (Lipinski definition) is 0. The minimum absolute atomic E-state index is 0.191. The van der Waals surface area contributed by atoms with E-state index in [2.05, 4.69) is 35.7 Å². The van der Waals surface area contributed by atoms with Gasteiger partial charge in [-0.15, -0.1) is 0 Å². The minimum atomic E-state index is -0.508. The van der Waals surface area contributed by atoms with Crippen LogP contribution in [0.1, 0.15) is 10.5 Å². The van der Waals surface area contributed by atoms with E-state index in [1.165, 1.54) is 19.4 Å². The molecular weight excluding hydrogens is 324 g/mol. The summed E-state index contributed by atoms with van der Waals surface area (Å²) in [7, 11) is 1.31. The summed E-state index contributed by atoms with van der Waals surface area (Å²) in [5, 5.41) is 5.21. The maximum Gasteiger partial charge on any atom is 0.356 e. The molecule has 0 saturated heterocycles. The second-order valence-corrected chi connectivity index (χ2v) is 4.91. The highest BCUT2D eigenvalue weighted by Gasteiger charge is 2.12. The van der Waals surface area contributed by atoms with Gasteiger partial charge in [0, 0.05) is 16.1 Å². The molecule has 6 nitrogen and oxygen atoms in total. The average molecular weight is 333 g/mol. The molecule has 0 bridgehead atoms. The molecule has 2 aromatic heterocycles. The Balaban J connectivity index is 2.16. The number of halogens is 1. The van der Waals surface area contributed by atoms with Gasteiger partial charge in [-0.3, -0.25) is 0 Å². The van der Waals surface area contributed by atoms with E-state index in [9.17, 15) is 4.79 Å². The molecule has 3 rings (SSSR count). The predicted octanol–water partition coefficient (Wildman–Crippen LogP) is 2.36. The number of esters is 1. The Morgan fingerprint density at radius 1 is 1.35 bits per heavy atom. The van der Waals surface area contributed by atoms with E-state index in [4.69, 9.17) is 0 Å². The van der Waals surface area contributed by atoms with Crippen molar-refractivity contribution in [2.75, 3.05) is 7.11 Å². The van der Waals surface area contributed by atoms with Crippen molar-refractivity contribution in [2.24, 2.45) is 0 Å². The molecule has 0 saturated carbocycles. The predicted molar refractivity (Wildman–Crippen MR) is 75.7 cm³/mol. The van der Waals surface area contributed by atoms with Crippen molar-refractivity contribution < 1.29 is 9.53 Å². The molecular formula is C13H9BrN4O2. The summed E-state index contributed by atoms with van der Waals surface area (Å²) in [6.07, 6.45) is 3.22. The molecule has 3 aromatic rings. The van der Waals surface area contributed by atoms with Gasteiger partial charge >= 0.3 is 5.97 Å². The third-order valence-electron chi connectivity index (χ3n) is 2.76. The van der Waals surface area contributed by atoms with E-state index in [-0.39, 0.29) is 5.69 Å². The molecule has 0 atom stereocenters. The maximum absolute atomic E-state index is 11.5. The van der Waals surface area contributed by atoms with E-state index in [0.29, 0.717) is 5.95 Å². The van der Waals surface area contributed by atoms with Crippen molar-refractivity contribution in [2.45, 2.75) is 0 Å². The number of fused-ring (bicyclic) bond motifs is 1. The average Bonchev–Trinajstić information content (AvgIpc) is 2.89. The third kappa shape index (κ3) is 2.16. The number of aromatic nitrogens is 4. The lowest BCUT2D eigenvalue weighted by Crippen LogP contribution is -2.09. The standard InChI is InChI=1S/C13H9BrN4O2/c1-20-12(19)10-4-5-15-13(17-10)18-11-6-9(14)3-2-8(11)7-16-18/h2-7H,1H3. The molecule has 0 aliphatic heterocycles. The molecule has 0 unspecified atom stereocenters. The lowest BCUT2D eigenvalue weighted by Gasteiger charge is -2.03. The lowest BCUT2D eigenvalue weighted by atomic mass is 10.3. The van der Waals surface area contributed by atoms with Crippen LogP contribution in [-0.2, 0) is 4.74 Å². The number of carbonyl (C=O) groups excluding carboxylic acids is 1. The summed E-state index contributed by atoms with van der Waals surface area (Å²) in [6.45, 7) is 0. The van der Waals surface area contributed by atoms with Gasteiger partial charge in [-0.25, -0.2) is 14.8 Å². The molecule has 0 aliphatic rings. The normalized spacial score (nSPS) is 10.7. The molecule has 0 fully saturated rings. The van der Waals surface area contributed by atoms with Gasteiger partial charge in [0.25, 0.3) is 5.95 Å². The first kappa shape index (κ1) is 12.7. The highest BCUT2D eigenvalue weighted by molar-refractivity contribution is 9.10. The van der Waals surface area contributed by atoms with Gasteiger partial charge < -0.3 is 4.74 Å². The second kappa shape index (κ2) is 5.01. The van der Waals surface area contributed by atoms with Crippen LogP contribution in [0.2, 0.25) is 0 Å². The Bertz CT molecular complexity index is 800. The van der Waals surface area contributed by atoms with Gasteiger partial charge in [-0.1, -0.05) is 22.0 Å². The first-order chi connectivity index (χ1) is 9.69. The number of nitrogens with zero attached hydrogens (tertiary/aromatic N) is 4. The van der Waals surface area contributed by atoms with Gasteiger partial charge in [-0.2, -0.15) is 9.78 Å². The molecule has 1 aromatic carbocycles. The van der Waals surface area contributed by atoms with E-state index >= 15 is 0 Å². The Morgan fingerprint density at radius 2 is 2.20 bits per heavy atom. The fourth-order valence-corrected chi connectivity index (χ4v) is 2.17. The van der Waals surface area contributed by atoms with Crippen LogP contribution < -0.4 is 0 Å². The van der Waals surface area contributed by atoms with Crippen LogP contribution in [0, 0.1) is 0 Å². The van der Waals surface area contributed by atoms with Crippen molar-refractivity contribution >= 4 is 32.8 Å². The number of carbonyl (C=O) groups is 1. The number of ether oxygens (including phenoxy) is 1. The fourth-order valence-electron chi connectivity index (χ4n) is 1.82. The largest absolute Gasteiger partial charge is 0.464 e. The van der Waals surface area contributed by atoms with Crippen LogP contribution in [0.4, 0.5) is 0 Å². The molecule has 0 amide bonds. The van der Waals surface area contributed by atoms with E-state index in [1.807, 2.05) is 18.2 Å². The zero-order valence-electron chi connectivity index (χ0n) is 10.4. The van der Waals surface area contributed by atoms with Crippen LogP contribution >= 0.6 is 15.9 Å². The Kier molecular flexibility index (Phi) is 3.19. The van der Waals surface area contributed by atoms with Gasteiger partial charge in [0.1, 0.15) is 0 Å². The minimum Gasteiger partial charge on any atom is -0.464 e. The Labute approximate surface area is 122 Å². The number of rotatable bonds is 2. The smallest absolute Gasteiger partial charge is 0.356 e. The Morgan fingerprint density at radius 3 is 3.00 bits per heavy atom. The summed E-state index contributed by atoms with van der Waals surface area (Å²) >= 11 is 3.42. The van der Waals surface area contributed by atoms with Crippen molar-refractivity contribution in [3.63, 3.8) is 0 Å². The highest BCUT2D eigenvalue weighted by Crippen LogP contribution is 2.21. The van der Waals surface area contributed by atoms with E-state index in [1.54, 1.807) is 10.9 Å². The fraction of sp³-hybridized carbons (Fsp3) is 0.0769. The summed E-state index contributed by atoms with van der Waals surface area (Å²) in [6, 6.07) is 7.28. The van der Waals surface area contributed by atoms with Gasteiger partial charge in [0.15, 0.2) is 5.69 Å². The lowest BCUT2D eigenvalue weighted by molar-refractivity contribution is 0.0593. The summed E-state index contributed by atoms with van der Waals surface area (Å²) < 4.78 is 7.15. The summed E-state index contributed by atoms with van der Waals surface area (Å²) in [4.78, 5) is 19.8. The first-order valence-electron chi connectivity index (χ1n) is 5.74. The molecule has 20 heavy (non-hydrogen) atoms. The second-order valence-electron chi connectivity index (χ2n) is 3.99. The van der Waals surface area contributed by atoms with Crippen molar-refractivity contribution in [3.05, 3.63) is 46.8 Å². The van der Waals surface area contributed by atoms with Crippen LogP contribution in [0.5, 0.6) is 0 Å². The summed E-state index contributed by atoms with van der Waals surface area (Å²) in [5.41, 5.74) is 1.04. The van der Waals surface area contributed by atoms with Crippen molar-refractivity contribution in [1.29, 1.82) is 0 Å². The van der Waals surface area contributed by atoms with Gasteiger partial charge in [0.2, 0.25) is 0 Å². The SMILES string of the molecule is COC(=O)c1ccnc(-n2ncc3ccc(Br)cc32)n1. The molecule has 0 aliphatic carbocycles. The zero-order chi connectivity index (χ0) is 14.1. The van der Waals surface area contributed by atoms with Crippen LogP contribution in [0.25, 0.3) is 16.9 Å². The van der Waals surface area contributed by atoms with Crippen LogP contribution in [0.15, 0.2) is 41.1 Å². The van der Waals surface area contributed by atoms with E-state index < -0.39 is 5.97 Å². The third-order valence-corrected chi connectivity index (χ3v) is 3.25. The first-order valence-corrected chi connectivity index (χ1v) is 6.53. The van der Waals surface area contributed by atoms with Crippen molar-refractivity contribution in [3.8, 4) is 5.95 Å². The number of methoxy groups -OCH3 is 1. The molecule has 100 valence electrons. The van der Waals surface area contributed by atoms with Gasteiger partial charge in [-0.05, 0) is 18.2 Å². The number of benzene rings is 1. The summed E-state index contributed by atoms with van der Waals surface area (Å²) in [5.74, 6) is -0.188. The zero-order valence-corrected chi connectivity index (χ0v) is 12.0.